The van der Waals surface area contributed by atoms with Crippen LogP contribution in [-0.4, -0.2) is 26.8 Å². The van der Waals surface area contributed by atoms with Crippen molar-refractivity contribution in [3.05, 3.63) is 102 Å². The van der Waals surface area contributed by atoms with Gasteiger partial charge in [0, 0.05) is 16.0 Å². The van der Waals surface area contributed by atoms with Gasteiger partial charge in [0.2, 0.25) is 0 Å². The van der Waals surface area contributed by atoms with Crippen LogP contribution in [0.2, 0.25) is 0 Å². The average molecular weight is 467 g/mol. The van der Waals surface area contributed by atoms with Gasteiger partial charge in [0.25, 0.3) is 0 Å². The summed E-state index contributed by atoms with van der Waals surface area (Å²) in [6.45, 7) is 7.58. The van der Waals surface area contributed by atoms with Crippen molar-refractivity contribution in [3.8, 4) is 5.69 Å². The second-order valence-electron chi connectivity index (χ2n) is 7.54. The Labute approximate surface area is 193 Å². The highest BCUT2D eigenvalue weighted by Crippen LogP contribution is 2.43. The van der Waals surface area contributed by atoms with Crippen molar-refractivity contribution >= 4 is 35.3 Å². The number of para-hydroxylation sites is 1. The summed E-state index contributed by atoms with van der Waals surface area (Å²) in [6, 6.07) is 18.7. The molecule has 0 radical (unpaired) electrons. The van der Waals surface area contributed by atoms with E-state index in [1.807, 2.05) is 30.3 Å². The molecule has 7 heteroatoms. The van der Waals surface area contributed by atoms with Crippen LogP contribution in [0.5, 0.6) is 0 Å². The van der Waals surface area contributed by atoms with E-state index in [9.17, 15) is 18.3 Å². The molecule has 1 unspecified atom stereocenters. The van der Waals surface area contributed by atoms with E-state index in [-0.39, 0.29) is 5.56 Å². The topological polar surface area (TPSA) is 38.1 Å². The van der Waals surface area contributed by atoms with E-state index in [4.69, 9.17) is 0 Å². The second-order valence-corrected chi connectivity index (χ2v) is 8.56. The summed E-state index contributed by atoms with van der Waals surface area (Å²) >= 11 is 0.927. The van der Waals surface area contributed by atoms with E-state index in [2.05, 4.69) is 18.3 Å². The molecule has 0 aliphatic rings. The van der Waals surface area contributed by atoms with Crippen LogP contribution < -0.4 is 10.4 Å². The number of allylic oxidation sites excluding steroid dienone is 1. The minimum Gasteiger partial charge on any atom is -0.376 e. The van der Waals surface area contributed by atoms with Gasteiger partial charge in [0.1, 0.15) is 0 Å². The third kappa shape index (κ3) is 4.34. The van der Waals surface area contributed by atoms with E-state index >= 15 is 0 Å². The number of hydrogen-bond acceptors (Lipinski definition) is 3. The van der Waals surface area contributed by atoms with Gasteiger partial charge in [-0.05, 0) is 46.3 Å². The molecule has 0 saturated heterocycles. The van der Waals surface area contributed by atoms with E-state index < -0.39 is 17.5 Å². The predicted molar refractivity (Wildman–Crippen MR) is 128 cm³/mol. The van der Waals surface area contributed by atoms with Crippen molar-refractivity contribution in [2.24, 2.45) is 0 Å². The maximum Gasteiger partial charge on any atom is 0.422 e. The van der Waals surface area contributed by atoms with Gasteiger partial charge >= 0.3 is 6.18 Å². The van der Waals surface area contributed by atoms with Crippen molar-refractivity contribution in [1.29, 1.82) is 0 Å². The number of halogens is 3. The summed E-state index contributed by atoms with van der Waals surface area (Å²) in [4.78, 5) is 0.586. The lowest BCUT2D eigenvalue weighted by atomic mass is 9.94. The molecule has 4 rings (SSSR count). The van der Waals surface area contributed by atoms with Crippen molar-refractivity contribution < 1.29 is 18.3 Å². The quantitative estimate of drug-likeness (QED) is 0.409. The number of alkyl halides is 3. The third-order valence-corrected chi connectivity index (χ3v) is 6.62. The standard InChI is InChI=1S/C26H21F3N2OS/c1-3-8-22-18(2)9-7-12-24(22)33-17-25(32,26(27,28)29)20-13-14-23-19(15-20)16-30-31(23)21-10-5-4-6-11-21/h3-16,32H,1-2,17H2/b22-8+. The van der Waals surface area contributed by atoms with Gasteiger partial charge in [0.05, 0.1) is 17.4 Å². The lowest BCUT2D eigenvalue weighted by molar-refractivity contribution is -0.256. The van der Waals surface area contributed by atoms with Crippen LogP contribution in [0, 0.1) is 0 Å². The van der Waals surface area contributed by atoms with E-state index in [0.717, 1.165) is 17.4 Å². The van der Waals surface area contributed by atoms with E-state index in [1.165, 1.54) is 18.3 Å². The third-order valence-electron chi connectivity index (χ3n) is 5.39. The minimum absolute atomic E-state index is 0.234. The normalized spacial score (nSPS) is 14.4. The highest BCUT2D eigenvalue weighted by atomic mass is 32.2. The molecular weight excluding hydrogens is 445 g/mol. The number of rotatable bonds is 6. The van der Waals surface area contributed by atoms with Gasteiger partial charge in [-0.1, -0.05) is 61.7 Å². The Morgan fingerprint density at radius 1 is 1.03 bits per heavy atom. The summed E-state index contributed by atoms with van der Waals surface area (Å²) in [6.07, 6.45) is -0.129. The maximum absolute atomic E-state index is 14.2. The number of aliphatic hydroxyl groups is 1. The predicted octanol–water partition coefficient (Wildman–Crippen LogP) is 4.94. The Kier molecular flexibility index (Phi) is 6.19. The summed E-state index contributed by atoms with van der Waals surface area (Å²) < 4.78 is 44.2. The Balaban J connectivity index is 1.74. The number of fused-ring (bicyclic) bond motifs is 1. The number of hydrogen-bond donors (Lipinski definition) is 1. The zero-order valence-electron chi connectivity index (χ0n) is 17.6. The molecule has 4 aromatic rings. The van der Waals surface area contributed by atoms with Crippen LogP contribution in [0.15, 0.2) is 90.5 Å². The molecule has 1 heterocycles. The van der Waals surface area contributed by atoms with E-state index in [1.54, 1.807) is 41.1 Å². The molecule has 168 valence electrons. The fourth-order valence-corrected chi connectivity index (χ4v) is 4.82. The molecule has 1 atom stereocenters. The fourth-order valence-electron chi connectivity index (χ4n) is 3.60. The Morgan fingerprint density at radius 3 is 2.48 bits per heavy atom. The monoisotopic (exact) mass is 466 g/mol. The number of aromatic nitrogens is 2. The van der Waals surface area contributed by atoms with Crippen molar-refractivity contribution in [1.82, 2.24) is 9.78 Å². The average Bonchev–Trinajstić information content (AvgIpc) is 3.22. The van der Waals surface area contributed by atoms with Crippen molar-refractivity contribution in [2.75, 3.05) is 5.75 Å². The molecular formula is C26H21F3N2OS. The molecule has 33 heavy (non-hydrogen) atoms. The summed E-state index contributed by atoms with van der Waals surface area (Å²) in [5, 5.41) is 17.1. The molecule has 3 aromatic carbocycles. The highest BCUT2D eigenvalue weighted by Gasteiger charge is 2.55. The molecule has 0 aliphatic carbocycles. The molecule has 1 aromatic heterocycles. The number of thioether (sulfide) groups is 1. The first-order chi connectivity index (χ1) is 15.7. The number of benzene rings is 3. The second kappa shape index (κ2) is 8.92. The van der Waals surface area contributed by atoms with Gasteiger partial charge in [0.15, 0.2) is 5.60 Å². The van der Waals surface area contributed by atoms with Gasteiger partial charge in [-0.15, -0.1) is 11.8 Å². The smallest absolute Gasteiger partial charge is 0.376 e. The molecule has 0 amide bonds. The van der Waals surface area contributed by atoms with Crippen LogP contribution in [0.4, 0.5) is 13.2 Å². The van der Waals surface area contributed by atoms with Crippen LogP contribution in [-0.2, 0) is 5.60 Å². The van der Waals surface area contributed by atoms with Crippen LogP contribution >= 0.6 is 11.8 Å². The summed E-state index contributed by atoms with van der Waals surface area (Å²) in [5.74, 6) is -0.615. The molecule has 0 saturated carbocycles. The fraction of sp³-hybridized carbons (Fsp3) is 0.115. The van der Waals surface area contributed by atoms with Crippen LogP contribution in [0.1, 0.15) is 5.56 Å². The first-order valence-electron chi connectivity index (χ1n) is 10.1. The lowest BCUT2D eigenvalue weighted by Gasteiger charge is -2.31. The minimum atomic E-state index is -4.88. The highest BCUT2D eigenvalue weighted by molar-refractivity contribution is 7.99. The first-order valence-corrected chi connectivity index (χ1v) is 11.1. The maximum atomic E-state index is 14.2. The van der Waals surface area contributed by atoms with Gasteiger partial charge in [-0.25, -0.2) is 4.68 Å². The van der Waals surface area contributed by atoms with Crippen LogP contribution in [0.25, 0.3) is 29.2 Å². The Bertz CT molecular complexity index is 1410. The van der Waals surface area contributed by atoms with Crippen molar-refractivity contribution in [2.45, 2.75) is 16.7 Å². The molecule has 3 nitrogen and oxygen atoms in total. The summed E-state index contributed by atoms with van der Waals surface area (Å²) in [7, 11) is 0. The molecule has 0 bridgehead atoms. The first kappa shape index (κ1) is 22.9. The largest absolute Gasteiger partial charge is 0.422 e. The zero-order valence-corrected chi connectivity index (χ0v) is 18.4. The molecule has 0 spiro atoms. The van der Waals surface area contributed by atoms with Crippen molar-refractivity contribution in [3.63, 3.8) is 0 Å². The van der Waals surface area contributed by atoms with Gasteiger partial charge in [-0.3, -0.25) is 0 Å². The number of nitrogens with zero attached hydrogens (tertiary/aromatic N) is 2. The lowest BCUT2D eigenvalue weighted by Crippen LogP contribution is -2.44. The molecule has 1 N–H and O–H groups in total. The van der Waals surface area contributed by atoms with Crippen LogP contribution in [0.3, 0.4) is 0 Å². The molecule has 0 aliphatic heterocycles. The van der Waals surface area contributed by atoms with Gasteiger partial charge in [-0.2, -0.15) is 18.3 Å². The van der Waals surface area contributed by atoms with Gasteiger partial charge < -0.3 is 5.11 Å². The van der Waals surface area contributed by atoms with E-state index in [0.29, 0.717) is 26.2 Å². The summed E-state index contributed by atoms with van der Waals surface area (Å²) in [5.41, 5.74) is -1.85. The molecule has 0 fully saturated rings. The Hall–Kier alpha value is -3.29. The SMILES string of the molecule is C=C/C=c1/c(SCC(O)(c2ccc3c(cnn3-c3ccccc3)c2)C(F)(F)F)cccc1=C. The zero-order chi connectivity index (χ0) is 23.6. The Morgan fingerprint density at radius 2 is 1.79 bits per heavy atom.